The maximum atomic E-state index is 11.5. The molecular weight excluding hydrogens is 214 g/mol. The summed E-state index contributed by atoms with van der Waals surface area (Å²) in [7, 11) is 3.99. The van der Waals surface area contributed by atoms with Crippen LogP contribution in [0.5, 0.6) is 0 Å². The Morgan fingerprint density at radius 1 is 1.59 bits per heavy atom. The van der Waals surface area contributed by atoms with Crippen LogP contribution in [0.4, 0.5) is 0 Å². The quantitative estimate of drug-likeness (QED) is 0.728. The van der Waals surface area contributed by atoms with Crippen LogP contribution in [0.1, 0.15) is 39.5 Å². The van der Waals surface area contributed by atoms with E-state index in [9.17, 15) is 4.79 Å². The number of nitrogens with zero attached hydrogens (tertiary/aromatic N) is 1. The van der Waals surface area contributed by atoms with Gasteiger partial charge in [-0.05, 0) is 52.2 Å². The summed E-state index contributed by atoms with van der Waals surface area (Å²) < 4.78 is 0. The lowest BCUT2D eigenvalue weighted by Crippen LogP contribution is -2.53. The Kier molecular flexibility index (Phi) is 4.95. The third-order valence-electron chi connectivity index (χ3n) is 4.12. The highest BCUT2D eigenvalue weighted by atomic mass is 16.1. The Labute approximate surface area is 105 Å². The van der Waals surface area contributed by atoms with Gasteiger partial charge in [-0.2, -0.15) is 0 Å². The van der Waals surface area contributed by atoms with Gasteiger partial charge in [0.15, 0.2) is 0 Å². The molecule has 0 saturated heterocycles. The van der Waals surface area contributed by atoms with E-state index in [1.807, 2.05) is 7.05 Å². The molecule has 0 heterocycles. The van der Waals surface area contributed by atoms with E-state index >= 15 is 0 Å². The monoisotopic (exact) mass is 241 g/mol. The molecule has 0 aromatic carbocycles. The lowest BCUT2D eigenvalue weighted by Gasteiger charge is -2.28. The number of nitrogens with one attached hydrogen (secondary N) is 1. The van der Waals surface area contributed by atoms with Crippen molar-refractivity contribution < 1.29 is 4.79 Å². The van der Waals surface area contributed by atoms with Crippen LogP contribution >= 0.6 is 0 Å². The molecule has 2 atom stereocenters. The minimum Gasteiger partial charge on any atom is -0.368 e. The van der Waals surface area contributed by atoms with Crippen molar-refractivity contribution in [3.05, 3.63) is 0 Å². The van der Waals surface area contributed by atoms with Crippen LogP contribution in [0.15, 0.2) is 0 Å². The molecule has 2 unspecified atom stereocenters. The summed E-state index contributed by atoms with van der Waals surface area (Å²) in [5.74, 6) is 0.517. The highest BCUT2D eigenvalue weighted by Gasteiger charge is 2.43. The second-order valence-electron chi connectivity index (χ2n) is 5.76. The Hall–Kier alpha value is -0.610. The van der Waals surface area contributed by atoms with Gasteiger partial charge in [-0.15, -0.1) is 0 Å². The summed E-state index contributed by atoms with van der Waals surface area (Å²) in [5.41, 5.74) is 5.03. The predicted molar refractivity (Wildman–Crippen MR) is 70.7 cm³/mol. The highest BCUT2D eigenvalue weighted by Crippen LogP contribution is 2.32. The molecule has 0 aromatic heterocycles. The molecule has 1 fully saturated rings. The zero-order valence-electron chi connectivity index (χ0n) is 11.6. The molecule has 1 amide bonds. The molecule has 0 aliphatic heterocycles. The summed E-state index contributed by atoms with van der Waals surface area (Å²) in [6.45, 7) is 5.58. The molecule has 4 heteroatoms. The van der Waals surface area contributed by atoms with Crippen molar-refractivity contribution in [3.8, 4) is 0 Å². The molecule has 100 valence electrons. The molecule has 0 radical (unpaired) electrons. The molecule has 1 saturated carbocycles. The topological polar surface area (TPSA) is 58.4 Å². The Balaban J connectivity index is 2.51. The van der Waals surface area contributed by atoms with Crippen molar-refractivity contribution in [3.63, 3.8) is 0 Å². The average molecular weight is 241 g/mol. The first-order chi connectivity index (χ1) is 7.91. The highest BCUT2D eigenvalue weighted by molar-refractivity contribution is 5.85. The van der Waals surface area contributed by atoms with Gasteiger partial charge in [0.2, 0.25) is 5.91 Å². The van der Waals surface area contributed by atoms with Gasteiger partial charge in [0.25, 0.3) is 0 Å². The van der Waals surface area contributed by atoms with Crippen LogP contribution in [0, 0.1) is 5.92 Å². The van der Waals surface area contributed by atoms with Crippen molar-refractivity contribution in [2.45, 2.75) is 51.1 Å². The largest absolute Gasteiger partial charge is 0.368 e. The van der Waals surface area contributed by atoms with Gasteiger partial charge < -0.3 is 16.0 Å². The number of nitrogens with two attached hydrogens (primary N) is 1. The van der Waals surface area contributed by atoms with Crippen molar-refractivity contribution >= 4 is 5.91 Å². The van der Waals surface area contributed by atoms with Crippen LogP contribution in [-0.2, 0) is 4.79 Å². The maximum Gasteiger partial charge on any atom is 0.237 e. The minimum atomic E-state index is -0.475. The third kappa shape index (κ3) is 3.42. The summed E-state index contributed by atoms with van der Waals surface area (Å²) in [4.78, 5) is 13.9. The van der Waals surface area contributed by atoms with E-state index in [0.29, 0.717) is 6.04 Å². The second-order valence-corrected chi connectivity index (χ2v) is 5.76. The molecule has 0 spiro atoms. The number of hydrogen-bond donors (Lipinski definition) is 2. The zero-order chi connectivity index (χ0) is 13.1. The fourth-order valence-corrected chi connectivity index (χ4v) is 2.61. The first-order valence-electron chi connectivity index (χ1n) is 6.60. The molecule has 17 heavy (non-hydrogen) atoms. The molecule has 4 nitrogen and oxygen atoms in total. The Bertz CT molecular complexity index is 267. The molecule has 0 bridgehead atoms. The van der Waals surface area contributed by atoms with E-state index in [4.69, 9.17) is 5.73 Å². The smallest absolute Gasteiger partial charge is 0.237 e. The average Bonchev–Trinajstić information content (AvgIpc) is 2.71. The molecule has 1 rings (SSSR count). The van der Waals surface area contributed by atoms with Gasteiger partial charge in [0.1, 0.15) is 0 Å². The van der Waals surface area contributed by atoms with Gasteiger partial charge in [0.05, 0.1) is 5.54 Å². The zero-order valence-corrected chi connectivity index (χ0v) is 11.6. The van der Waals surface area contributed by atoms with Crippen molar-refractivity contribution in [2.75, 3.05) is 20.6 Å². The van der Waals surface area contributed by atoms with Gasteiger partial charge in [0, 0.05) is 6.04 Å². The second kappa shape index (κ2) is 5.83. The first kappa shape index (κ1) is 14.5. The number of hydrogen-bond acceptors (Lipinski definition) is 3. The number of likely N-dealkylation sites (N-methyl/N-ethyl adjacent to an activating group) is 1. The SMILES string of the molecule is CNC1(C(N)=O)CCC(N(C)CCC(C)C)C1. The summed E-state index contributed by atoms with van der Waals surface area (Å²) in [6, 6.07) is 0.480. The van der Waals surface area contributed by atoms with Crippen LogP contribution < -0.4 is 11.1 Å². The van der Waals surface area contributed by atoms with Crippen LogP contribution in [0.2, 0.25) is 0 Å². The van der Waals surface area contributed by atoms with Crippen molar-refractivity contribution in [1.29, 1.82) is 0 Å². The van der Waals surface area contributed by atoms with E-state index < -0.39 is 5.54 Å². The van der Waals surface area contributed by atoms with Crippen LogP contribution in [0.25, 0.3) is 0 Å². The van der Waals surface area contributed by atoms with E-state index in [1.165, 1.54) is 6.42 Å². The van der Waals surface area contributed by atoms with Gasteiger partial charge >= 0.3 is 0 Å². The fourth-order valence-electron chi connectivity index (χ4n) is 2.61. The summed E-state index contributed by atoms with van der Waals surface area (Å²) in [5, 5.41) is 3.13. The number of primary amides is 1. The summed E-state index contributed by atoms with van der Waals surface area (Å²) >= 11 is 0. The predicted octanol–water partition coefficient (Wildman–Crippen LogP) is 0.960. The third-order valence-corrected chi connectivity index (χ3v) is 4.12. The summed E-state index contributed by atoms with van der Waals surface area (Å²) in [6.07, 6.45) is 3.96. The van der Waals surface area contributed by atoms with E-state index in [2.05, 4.69) is 31.1 Å². The van der Waals surface area contributed by atoms with Gasteiger partial charge in [-0.1, -0.05) is 13.8 Å². The molecule has 3 N–H and O–H groups in total. The van der Waals surface area contributed by atoms with Crippen molar-refractivity contribution in [2.24, 2.45) is 11.7 Å². The lowest BCUT2D eigenvalue weighted by molar-refractivity contribution is -0.124. The van der Waals surface area contributed by atoms with E-state index in [0.717, 1.165) is 31.7 Å². The molecular formula is C13H27N3O. The van der Waals surface area contributed by atoms with Crippen molar-refractivity contribution in [1.82, 2.24) is 10.2 Å². The number of amides is 1. The molecule has 0 aromatic rings. The fraction of sp³-hybridized carbons (Fsp3) is 0.923. The lowest BCUT2D eigenvalue weighted by atomic mass is 9.96. The molecule has 1 aliphatic rings. The first-order valence-corrected chi connectivity index (χ1v) is 6.60. The maximum absolute atomic E-state index is 11.5. The number of rotatable bonds is 6. The van der Waals surface area contributed by atoms with Gasteiger partial charge in [-0.3, -0.25) is 4.79 Å². The van der Waals surface area contributed by atoms with Gasteiger partial charge in [-0.25, -0.2) is 0 Å². The number of carbonyl (C=O) groups is 1. The van der Waals surface area contributed by atoms with Crippen LogP contribution in [-0.4, -0.2) is 43.0 Å². The minimum absolute atomic E-state index is 0.209. The standard InChI is InChI=1S/C13H27N3O/c1-10(2)6-8-16(4)11-5-7-13(9-11,15-3)12(14)17/h10-11,15H,5-9H2,1-4H3,(H2,14,17). The number of carbonyl (C=O) groups excluding carboxylic acids is 1. The Morgan fingerprint density at radius 3 is 2.65 bits per heavy atom. The normalized spacial score (nSPS) is 29.2. The molecule has 1 aliphatic carbocycles. The van der Waals surface area contributed by atoms with E-state index in [1.54, 1.807) is 0 Å². The Morgan fingerprint density at radius 2 is 2.24 bits per heavy atom. The van der Waals surface area contributed by atoms with Crippen LogP contribution in [0.3, 0.4) is 0 Å². The van der Waals surface area contributed by atoms with E-state index in [-0.39, 0.29) is 5.91 Å².